The Hall–Kier alpha value is -0.340. The summed E-state index contributed by atoms with van der Waals surface area (Å²) in [6.07, 6.45) is 6.77. The van der Waals surface area contributed by atoms with E-state index in [0.717, 1.165) is 18.5 Å². The topological polar surface area (TPSA) is 12.0 Å². The van der Waals surface area contributed by atoms with Gasteiger partial charge < -0.3 is 5.32 Å². The highest BCUT2D eigenvalue weighted by Gasteiger charge is 2.24. The molecule has 1 aliphatic rings. The fourth-order valence-corrected chi connectivity index (χ4v) is 3.17. The van der Waals surface area contributed by atoms with Crippen molar-refractivity contribution in [3.8, 4) is 0 Å². The van der Waals surface area contributed by atoms with E-state index in [0.29, 0.717) is 0 Å². The van der Waals surface area contributed by atoms with Crippen LogP contribution in [0.3, 0.4) is 0 Å². The van der Waals surface area contributed by atoms with Crippen LogP contribution in [0.15, 0.2) is 28.7 Å². The van der Waals surface area contributed by atoms with Crippen molar-refractivity contribution in [1.82, 2.24) is 5.32 Å². The van der Waals surface area contributed by atoms with Gasteiger partial charge in [-0.15, -0.1) is 0 Å². The molecular weight excluding hydrogens is 274 g/mol. The van der Waals surface area contributed by atoms with Crippen molar-refractivity contribution in [2.24, 2.45) is 5.92 Å². The second-order valence-corrected chi connectivity index (χ2v) is 5.95. The molecule has 0 aliphatic heterocycles. The van der Waals surface area contributed by atoms with E-state index in [2.05, 4.69) is 52.4 Å². The van der Waals surface area contributed by atoms with Crippen LogP contribution in [-0.2, 0) is 6.42 Å². The third-order valence-corrected chi connectivity index (χ3v) is 4.32. The summed E-state index contributed by atoms with van der Waals surface area (Å²) in [6, 6.07) is 9.54. The third-order valence-electron chi connectivity index (χ3n) is 3.79. The molecule has 2 atom stereocenters. The third kappa shape index (κ3) is 3.82. The normalized spacial score (nSPS) is 24.8. The molecule has 1 nitrogen and oxygen atoms in total. The predicted octanol–water partition coefficient (Wildman–Crippen LogP) is 4.16. The van der Waals surface area contributed by atoms with E-state index in [-0.39, 0.29) is 0 Å². The van der Waals surface area contributed by atoms with Crippen LogP contribution in [0.5, 0.6) is 0 Å². The zero-order chi connectivity index (χ0) is 12.1. The van der Waals surface area contributed by atoms with Crippen molar-refractivity contribution in [1.29, 1.82) is 0 Å². The molecule has 1 fully saturated rings. The zero-order valence-corrected chi connectivity index (χ0v) is 12.2. The van der Waals surface area contributed by atoms with Crippen LogP contribution < -0.4 is 5.32 Å². The first-order chi connectivity index (χ1) is 8.29. The van der Waals surface area contributed by atoms with Crippen molar-refractivity contribution in [3.63, 3.8) is 0 Å². The quantitative estimate of drug-likeness (QED) is 0.879. The van der Waals surface area contributed by atoms with Crippen molar-refractivity contribution in [2.45, 2.75) is 45.1 Å². The van der Waals surface area contributed by atoms with Gasteiger partial charge in [-0.25, -0.2) is 0 Å². The van der Waals surface area contributed by atoms with Gasteiger partial charge in [0.1, 0.15) is 0 Å². The lowest BCUT2D eigenvalue weighted by molar-refractivity contribution is 0.264. The molecule has 0 heterocycles. The van der Waals surface area contributed by atoms with Gasteiger partial charge in [0.25, 0.3) is 0 Å². The van der Waals surface area contributed by atoms with Gasteiger partial charge in [-0.05, 0) is 49.4 Å². The molecule has 0 amide bonds. The lowest BCUT2D eigenvalue weighted by Gasteiger charge is -2.32. The highest BCUT2D eigenvalue weighted by Crippen LogP contribution is 2.27. The second-order valence-electron chi connectivity index (χ2n) is 5.04. The van der Waals surface area contributed by atoms with Crippen LogP contribution in [0.25, 0.3) is 0 Å². The van der Waals surface area contributed by atoms with E-state index >= 15 is 0 Å². The molecule has 0 radical (unpaired) electrons. The Morgan fingerprint density at radius 1 is 1.18 bits per heavy atom. The van der Waals surface area contributed by atoms with Gasteiger partial charge in [-0.1, -0.05) is 47.8 Å². The Balaban J connectivity index is 1.97. The maximum absolute atomic E-state index is 3.66. The summed E-state index contributed by atoms with van der Waals surface area (Å²) in [6.45, 7) is 3.31. The SMILES string of the molecule is CCNC1CCCCC1Cc1ccc(Br)cc1. The number of rotatable bonds is 4. The first-order valence-electron chi connectivity index (χ1n) is 6.77. The summed E-state index contributed by atoms with van der Waals surface area (Å²) < 4.78 is 1.17. The smallest absolute Gasteiger partial charge is 0.0175 e. The van der Waals surface area contributed by atoms with Gasteiger partial charge in [0, 0.05) is 10.5 Å². The largest absolute Gasteiger partial charge is 0.314 e. The molecule has 0 saturated heterocycles. The molecule has 0 aromatic heterocycles. The molecule has 0 bridgehead atoms. The molecule has 1 N–H and O–H groups in total. The minimum atomic E-state index is 0.734. The zero-order valence-electron chi connectivity index (χ0n) is 10.6. The number of nitrogens with one attached hydrogen (secondary N) is 1. The molecule has 17 heavy (non-hydrogen) atoms. The lowest BCUT2D eigenvalue weighted by Crippen LogP contribution is -2.39. The van der Waals surface area contributed by atoms with Gasteiger partial charge in [0.2, 0.25) is 0 Å². The standard InChI is InChI=1S/C15H22BrN/c1-2-17-15-6-4-3-5-13(15)11-12-7-9-14(16)10-8-12/h7-10,13,15,17H,2-6,11H2,1H3. The number of benzene rings is 1. The summed E-state index contributed by atoms with van der Waals surface area (Å²) in [5, 5.41) is 3.66. The first kappa shape index (κ1) is 13.1. The van der Waals surface area contributed by atoms with Crippen LogP contribution in [0.1, 0.15) is 38.2 Å². The molecule has 1 saturated carbocycles. The molecule has 2 unspecified atom stereocenters. The highest BCUT2D eigenvalue weighted by molar-refractivity contribution is 9.10. The summed E-state index contributed by atoms with van der Waals surface area (Å²) in [4.78, 5) is 0. The molecule has 0 spiro atoms. The Morgan fingerprint density at radius 3 is 2.59 bits per heavy atom. The molecule has 1 aromatic rings. The van der Waals surface area contributed by atoms with E-state index in [4.69, 9.17) is 0 Å². The average molecular weight is 296 g/mol. The Kier molecular flexibility index (Phi) is 5.05. The molecular formula is C15H22BrN. The van der Waals surface area contributed by atoms with Gasteiger partial charge in [0.05, 0.1) is 0 Å². The Bertz CT molecular complexity index is 331. The van der Waals surface area contributed by atoms with Crippen molar-refractivity contribution in [3.05, 3.63) is 34.3 Å². The Morgan fingerprint density at radius 2 is 1.88 bits per heavy atom. The van der Waals surface area contributed by atoms with E-state index in [1.54, 1.807) is 0 Å². The van der Waals surface area contributed by atoms with Crippen molar-refractivity contribution in [2.75, 3.05) is 6.54 Å². The number of halogens is 1. The second kappa shape index (κ2) is 6.55. The van der Waals surface area contributed by atoms with Crippen molar-refractivity contribution < 1.29 is 0 Å². The maximum atomic E-state index is 3.66. The summed E-state index contributed by atoms with van der Waals surface area (Å²) in [5.41, 5.74) is 1.48. The predicted molar refractivity (Wildman–Crippen MR) is 77.3 cm³/mol. The average Bonchev–Trinajstić information content (AvgIpc) is 2.35. The van der Waals surface area contributed by atoms with E-state index in [1.165, 1.54) is 42.1 Å². The van der Waals surface area contributed by atoms with Gasteiger partial charge >= 0.3 is 0 Å². The number of hydrogen-bond acceptors (Lipinski definition) is 1. The van der Waals surface area contributed by atoms with Crippen LogP contribution in [-0.4, -0.2) is 12.6 Å². The summed E-state index contributed by atoms with van der Waals surface area (Å²) in [5.74, 6) is 0.824. The lowest BCUT2D eigenvalue weighted by atomic mass is 9.80. The van der Waals surface area contributed by atoms with Crippen molar-refractivity contribution >= 4 is 15.9 Å². The van der Waals surface area contributed by atoms with Crippen LogP contribution in [0.4, 0.5) is 0 Å². The molecule has 2 rings (SSSR count). The number of hydrogen-bond donors (Lipinski definition) is 1. The first-order valence-corrected chi connectivity index (χ1v) is 7.56. The molecule has 2 heteroatoms. The van der Waals surface area contributed by atoms with E-state index in [9.17, 15) is 0 Å². The van der Waals surface area contributed by atoms with E-state index in [1.807, 2.05) is 0 Å². The van der Waals surface area contributed by atoms with Gasteiger partial charge in [-0.3, -0.25) is 0 Å². The monoisotopic (exact) mass is 295 g/mol. The van der Waals surface area contributed by atoms with E-state index < -0.39 is 0 Å². The molecule has 1 aliphatic carbocycles. The fourth-order valence-electron chi connectivity index (χ4n) is 2.91. The summed E-state index contributed by atoms with van der Waals surface area (Å²) >= 11 is 3.50. The fraction of sp³-hybridized carbons (Fsp3) is 0.600. The maximum Gasteiger partial charge on any atom is 0.0175 e. The van der Waals surface area contributed by atoms with Gasteiger partial charge in [0.15, 0.2) is 0 Å². The molecule has 94 valence electrons. The minimum Gasteiger partial charge on any atom is -0.314 e. The highest BCUT2D eigenvalue weighted by atomic mass is 79.9. The molecule has 1 aromatic carbocycles. The minimum absolute atomic E-state index is 0.734. The van der Waals surface area contributed by atoms with Gasteiger partial charge in [-0.2, -0.15) is 0 Å². The van der Waals surface area contributed by atoms with Crippen LogP contribution >= 0.6 is 15.9 Å². The summed E-state index contributed by atoms with van der Waals surface area (Å²) in [7, 11) is 0. The van der Waals surface area contributed by atoms with Crippen LogP contribution in [0.2, 0.25) is 0 Å². The Labute approximate surface area is 113 Å². The van der Waals surface area contributed by atoms with Crippen LogP contribution in [0, 0.1) is 5.92 Å².